The minimum Gasteiger partial charge on any atom is -0.332 e. The standard InChI is InChI=1S/C13H21N3/c1-2-7-16-12(5-1)10-15-13(16)8-11-4-3-6-14-9-11/h10-11,14H,1-9H2. The van der Waals surface area contributed by atoms with E-state index < -0.39 is 0 Å². The highest BCUT2D eigenvalue weighted by molar-refractivity contribution is 5.08. The van der Waals surface area contributed by atoms with Crippen molar-refractivity contribution >= 4 is 0 Å². The summed E-state index contributed by atoms with van der Waals surface area (Å²) < 4.78 is 2.47. The molecule has 3 heteroatoms. The fraction of sp³-hybridized carbons (Fsp3) is 0.769. The van der Waals surface area contributed by atoms with Crippen molar-refractivity contribution in [1.29, 1.82) is 0 Å². The molecular formula is C13H21N3. The molecule has 1 unspecified atom stereocenters. The van der Waals surface area contributed by atoms with E-state index in [9.17, 15) is 0 Å². The molecule has 1 aromatic rings. The highest BCUT2D eigenvalue weighted by Gasteiger charge is 2.19. The Morgan fingerprint density at radius 2 is 2.38 bits per heavy atom. The molecule has 88 valence electrons. The topological polar surface area (TPSA) is 29.9 Å². The van der Waals surface area contributed by atoms with Gasteiger partial charge in [-0.3, -0.25) is 0 Å². The first-order valence-corrected chi connectivity index (χ1v) is 6.67. The van der Waals surface area contributed by atoms with Gasteiger partial charge in [0, 0.05) is 24.9 Å². The van der Waals surface area contributed by atoms with Gasteiger partial charge in [0.2, 0.25) is 0 Å². The van der Waals surface area contributed by atoms with Crippen LogP contribution in [0, 0.1) is 5.92 Å². The maximum absolute atomic E-state index is 4.63. The second-order valence-electron chi connectivity index (χ2n) is 5.19. The second kappa shape index (κ2) is 4.58. The molecule has 3 nitrogen and oxygen atoms in total. The summed E-state index contributed by atoms with van der Waals surface area (Å²) in [7, 11) is 0. The molecule has 0 aromatic carbocycles. The van der Waals surface area contributed by atoms with Crippen molar-refractivity contribution in [2.75, 3.05) is 13.1 Å². The van der Waals surface area contributed by atoms with Gasteiger partial charge in [-0.15, -0.1) is 0 Å². The number of aryl methyl sites for hydroxylation is 1. The van der Waals surface area contributed by atoms with Crippen molar-refractivity contribution in [3.8, 4) is 0 Å². The lowest BCUT2D eigenvalue weighted by Gasteiger charge is -2.23. The zero-order valence-corrected chi connectivity index (χ0v) is 9.91. The number of fused-ring (bicyclic) bond motifs is 1. The average molecular weight is 219 g/mol. The summed E-state index contributed by atoms with van der Waals surface area (Å²) >= 11 is 0. The van der Waals surface area contributed by atoms with Crippen LogP contribution in [0.15, 0.2) is 6.20 Å². The van der Waals surface area contributed by atoms with Crippen LogP contribution >= 0.6 is 0 Å². The van der Waals surface area contributed by atoms with Crippen LogP contribution in [0.25, 0.3) is 0 Å². The van der Waals surface area contributed by atoms with Gasteiger partial charge in [0.15, 0.2) is 0 Å². The van der Waals surface area contributed by atoms with Crippen LogP contribution in [-0.4, -0.2) is 22.6 Å². The Balaban J connectivity index is 1.71. The molecule has 0 amide bonds. The fourth-order valence-electron chi connectivity index (χ4n) is 3.02. The number of piperidine rings is 1. The normalized spacial score (nSPS) is 25.4. The summed E-state index contributed by atoms with van der Waals surface area (Å²) in [6.07, 6.45) is 9.89. The summed E-state index contributed by atoms with van der Waals surface area (Å²) in [5, 5.41) is 3.49. The van der Waals surface area contributed by atoms with Crippen molar-refractivity contribution in [3.05, 3.63) is 17.7 Å². The third-order valence-electron chi connectivity index (χ3n) is 3.96. The van der Waals surface area contributed by atoms with Gasteiger partial charge in [-0.25, -0.2) is 4.98 Å². The maximum Gasteiger partial charge on any atom is 0.109 e. The van der Waals surface area contributed by atoms with Crippen LogP contribution in [0.5, 0.6) is 0 Å². The summed E-state index contributed by atoms with van der Waals surface area (Å²) in [5.74, 6) is 2.14. The number of hydrogen-bond acceptors (Lipinski definition) is 2. The van der Waals surface area contributed by atoms with E-state index in [1.165, 1.54) is 69.7 Å². The minimum absolute atomic E-state index is 0.808. The Labute approximate surface area is 97.3 Å². The molecule has 1 atom stereocenters. The van der Waals surface area contributed by atoms with Crippen molar-refractivity contribution in [2.45, 2.75) is 45.1 Å². The van der Waals surface area contributed by atoms with E-state index in [-0.39, 0.29) is 0 Å². The molecule has 1 N–H and O–H groups in total. The Morgan fingerprint density at radius 1 is 1.38 bits per heavy atom. The lowest BCUT2D eigenvalue weighted by molar-refractivity contribution is 0.363. The molecule has 1 saturated heterocycles. The van der Waals surface area contributed by atoms with Crippen LogP contribution < -0.4 is 5.32 Å². The van der Waals surface area contributed by atoms with E-state index in [0.717, 1.165) is 5.92 Å². The predicted octanol–water partition coefficient (Wildman–Crippen LogP) is 1.76. The van der Waals surface area contributed by atoms with E-state index in [0.29, 0.717) is 0 Å². The predicted molar refractivity (Wildman–Crippen MR) is 64.5 cm³/mol. The lowest BCUT2D eigenvalue weighted by atomic mass is 9.96. The first-order chi connectivity index (χ1) is 7.93. The molecule has 0 radical (unpaired) electrons. The Hall–Kier alpha value is -0.830. The monoisotopic (exact) mass is 219 g/mol. The van der Waals surface area contributed by atoms with Crippen LogP contribution in [0.3, 0.4) is 0 Å². The van der Waals surface area contributed by atoms with Crippen molar-refractivity contribution in [1.82, 2.24) is 14.9 Å². The number of nitrogens with zero attached hydrogens (tertiary/aromatic N) is 2. The van der Waals surface area contributed by atoms with Crippen molar-refractivity contribution in [3.63, 3.8) is 0 Å². The molecule has 3 rings (SSSR count). The molecule has 1 fully saturated rings. The van der Waals surface area contributed by atoms with Gasteiger partial charge in [-0.2, -0.15) is 0 Å². The van der Waals surface area contributed by atoms with E-state index in [1.54, 1.807) is 0 Å². The number of aromatic nitrogens is 2. The highest BCUT2D eigenvalue weighted by atomic mass is 15.1. The molecule has 0 bridgehead atoms. The summed E-state index contributed by atoms with van der Waals surface area (Å²) in [4.78, 5) is 4.63. The Bertz CT molecular complexity index is 350. The second-order valence-corrected chi connectivity index (χ2v) is 5.19. The largest absolute Gasteiger partial charge is 0.332 e. The SMILES string of the molecule is c1nc(CC2CCCNC2)n2c1CCCC2. The van der Waals surface area contributed by atoms with Gasteiger partial charge >= 0.3 is 0 Å². The van der Waals surface area contributed by atoms with Crippen LogP contribution in [0.1, 0.15) is 37.2 Å². The maximum atomic E-state index is 4.63. The first-order valence-electron chi connectivity index (χ1n) is 6.67. The first kappa shape index (κ1) is 10.3. The van der Waals surface area contributed by atoms with E-state index in [2.05, 4.69) is 21.1 Å². The van der Waals surface area contributed by atoms with Crippen LogP contribution in [0.4, 0.5) is 0 Å². The number of rotatable bonds is 2. The quantitative estimate of drug-likeness (QED) is 0.821. The van der Waals surface area contributed by atoms with E-state index in [4.69, 9.17) is 0 Å². The van der Waals surface area contributed by atoms with Crippen LogP contribution in [0.2, 0.25) is 0 Å². The van der Waals surface area contributed by atoms with E-state index in [1.807, 2.05) is 0 Å². The molecule has 16 heavy (non-hydrogen) atoms. The van der Waals surface area contributed by atoms with Gasteiger partial charge in [-0.1, -0.05) is 0 Å². The van der Waals surface area contributed by atoms with Crippen molar-refractivity contribution < 1.29 is 0 Å². The van der Waals surface area contributed by atoms with Crippen molar-refractivity contribution in [2.24, 2.45) is 5.92 Å². The number of imidazole rings is 1. The smallest absolute Gasteiger partial charge is 0.109 e. The van der Waals surface area contributed by atoms with E-state index >= 15 is 0 Å². The summed E-state index contributed by atoms with van der Waals surface area (Å²) in [6, 6.07) is 0. The van der Waals surface area contributed by atoms with Gasteiger partial charge < -0.3 is 9.88 Å². The number of hydrogen-bond donors (Lipinski definition) is 1. The molecule has 0 saturated carbocycles. The average Bonchev–Trinajstić information content (AvgIpc) is 2.74. The molecule has 2 aliphatic heterocycles. The highest BCUT2D eigenvalue weighted by Crippen LogP contribution is 2.20. The molecule has 2 aliphatic rings. The number of nitrogens with one attached hydrogen (secondary N) is 1. The van der Waals surface area contributed by atoms with Gasteiger partial charge in [-0.05, 0) is 51.1 Å². The summed E-state index contributed by atoms with van der Waals surface area (Å²) in [6.45, 7) is 3.59. The van der Waals surface area contributed by atoms with Gasteiger partial charge in [0.25, 0.3) is 0 Å². The third kappa shape index (κ3) is 2.01. The molecular weight excluding hydrogens is 198 g/mol. The Kier molecular flexibility index (Phi) is 2.96. The van der Waals surface area contributed by atoms with Gasteiger partial charge in [0.05, 0.1) is 0 Å². The zero-order chi connectivity index (χ0) is 10.8. The molecule has 1 aromatic heterocycles. The lowest BCUT2D eigenvalue weighted by Crippen LogP contribution is -2.31. The van der Waals surface area contributed by atoms with Gasteiger partial charge in [0.1, 0.15) is 5.82 Å². The summed E-state index contributed by atoms with van der Waals surface area (Å²) in [5.41, 5.74) is 1.46. The molecule has 0 spiro atoms. The molecule has 3 heterocycles. The minimum atomic E-state index is 0.808. The zero-order valence-electron chi connectivity index (χ0n) is 9.91. The third-order valence-corrected chi connectivity index (χ3v) is 3.96. The Morgan fingerprint density at radius 3 is 3.25 bits per heavy atom. The van der Waals surface area contributed by atoms with Crippen LogP contribution in [-0.2, 0) is 19.4 Å². The molecule has 0 aliphatic carbocycles. The fourth-order valence-corrected chi connectivity index (χ4v) is 3.02.